The van der Waals surface area contributed by atoms with Gasteiger partial charge in [-0.15, -0.1) is 0 Å². The Kier molecular flexibility index (Phi) is 3.67. The van der Waals surface area contributed by atoms with Gasteiger partial charge >= 0.3 is 11.9 Å². The van der Waals surface area contributed by atoms with E-state index in [2.05, 4.69) is 4.98 Å². The molecule has 0 aliphatic rings. The predicted molar refractivity (Wildman–Crippen MR) is 61.3 cm³/mol. The summed E-state index contributed by atoms with van der Waals surface area (Å²) in [6, 6.07) is 1.27. The Hall–Kier alpha value is -2.11. The second kappa shape index (κ2) is 4.82. The number of anilines is 1. The van der Waals surface area contributed by atoms with Gasteiger partial charge in [-0.2, -0.15) is 0 Å². The van der Waals surface area contributed by atoms with E-state index in [-0.39, 0.29) is 17.3 Å². The molecule has 0 aliphatic carbocycles. The maximum atomic E-state index is 11.0. The maximum absolute atomic E-state index is 11.0. The van der Waals surface area contributed by atoms with E-state index in [1.807, 2.05) is 13.8 Å². The van der Waals surface area contributed by atoms with Crippen LogP contribution in [0.2, 0.25) is 0 Å². The van der Waals surface area contributed by atoms with Crippen molar-refractivity contribution in [1.29, 1.82) is 0 Å². The molecular formula is C11H14N2O4. The van der Waals surface area contributed by atoms with Crippen molar-refractivity contribution in [1.82, 2.24) is 4.98 Å². The van der Waals surface area contributed by atoms with E-state index in [0.717, 1.165) is 6.42 Å². The monoisotopic (exact) mass is 238 g/mol. The van der Waals surface area contributed by atoms with Crippen LogP contribution in [-0.2, 0) is 0 Å². The molecule has 0 radical (unpaired) electrons. The minimum atomic E-state index is -1.39. The lowest BCUT2D eigenvalue weighted by Gasteiger charge is -2.12. The molecule has 1 aromatic rings. The fraction of sp³-hybridized carbons (Fsp3) is 0.364. The summed E-state index contributed by atoms with van der Waals surface area (Å²) in [4.78, 5) is 25.9. The number of aromatic carboxylic acids is 2. The molecule has 0 aromatic carbocycles. The molecule has 0 amide bonds. The van der Waals surface area contributed by atoms with Gasteiger partial charge in [0.25, 0.3) is 0 Å². The van der Waals surface area contributed by atoms with Crippen LogP contribution in [0.1, 0.15) is 52.6 Å². The smallest absolute Gasteiger partial charge is 0.340 e. The highest BCUT2D eigenvalue weighted by atomic mass is 16.4. The zero-order valence-corrected chi connectivity index (χ0v) is 9.60. The number of carboxylic acid groups (broad SMARTS) is 2. The molecule has 0 saturated carbocycles. The Labute approximate surface area is 98.1 Å². The minimum Gasteiger partial charge on any atom is -0.478 e. The lowest BCUT2D eigenvalue weighted by molar-refractivity contribution is 0.0651. The molecule has 6 nitrogen and oxygen atoms in total. The predicted octanol–water partition coefficient (Wildman–Crippen LogP) is 1.57. The van der Waals surface area contributed by atoms with E-state index in [4.69, 9.17) is 15.9 Å². The Morgan fingerprint density at radius 3 is 2.41 bits per heavy atom. The van der Waals surface area contributed by atoms with Gasteiger partial charge in [0.1, 0.15) is 11.4 Å². The highest BCUT2D eigenvalue weighted by Crippen LogP contribution is 2.23. The average Bonchev–Trinajstić information content (AvgIpc) is 2.26. The average molecular weight is 238 g/mol. The molecule has 4 N–H and O–H groups in total. The Morgan fingerprint density at radius 2 is 2.00 bits per heavy atom. The Morgan fingerprint density at radius 1 is 1.41 bits per heavy atom. The molecule has 1 atom stereocenters. The van der Waals surface area contributed by atoms with E-state index in [9.17, 15) is 9.59 Å². The van der Waals surface area contributed by atoms with Crippen molar-refractivity contribution >= 4 is 17.8 Å². The lowest BCUT2D eigenvalue weighted by atomic mass is 10.00. The van der Waals surface area contributed by atoms with E-state index in [0.29, 0.717) is 5.69 Å². The molecule has 1 unspecified atom stereocenters. The number of nitrogens with two attached hydrogens (primary N) is 1. The number of nitrogen functional groups attached to an aromatic ring is 1. The van der Waals surface area contributed by atoms with Gasteiger partial charge in [-0.3, -0.25) is 0 Å². The molecule has 0 saturated heterocycles. The molecule has 1 heterocycles. The van der Waals surface area contributed by atoms with Crippen molar-refractivity contribution in [3.63, 3.8) is 0 Å². The Bertz CT molecular complexity index is 471. The number of hydrogen-bond acceptors (Lipinski definition) is 4. The quantitative estimate of drug-likeness (QED) is 0.733. The van der Waals surface area contributed by atoms with Crippen LogP contribution < -0.4 is 5.73 Å². The fourth-order valence-electron chi connectivity index (χ4n) is 1.44. The van der Waals surface area contributed by atoms with E-state index in [1.54, 1.807) is 0 Å². The molecule has 1 aromatic heterocycles. The minimum absolute atomic E-state index is 0.0262. The summed E-state index contributed by atoms with van der Waals surface area (Å²) in [7, 11) is 0. The molecule has 1 rings (SSSR count). The normalized spacial score (nSPS) is 12.1. The number of rotatable bonds is 4. The largest absolute Gasteiger partial charge is 0.478 e. The van der Waals surface area contributed by atoms with Crippen molar-refractivity contribution in [3.05, 3.63) is 22.9 Å². The van der Waals surface area contributed by atoms with Gasteiger partial charge in [-0.25, -0.2) is 14.6 Å². The number of pyridine rings is 1. The van der Waals surface area contributed by atoms with Gasteiger partial charge in [0, 0.05) is 5.69 Å². The summed E-state index contributed by atoms with van der Waals surface area (Å²) in [6.07, 6.45) is 0.762. The highest BCUT2D eigenvalue weighted by Gasteiger charge is 2.22. The van der Waals surface area contributed by atoms with Gasteiger partial charge in [-0.05, 0) is 18.4 Å². The first kappa shape index (κ1) is 13.0. The standard InChI is InChI=1S/C11H14N2O4/c1-3-5(2)7-4-6(10(14)15)8(11(16)17)9(12)13-7/h4-5H,3H2,1-2H3,(H2,12,13)(H,14,15)(H,16,17). The number of carbonyl (C=O) groups is 2. The zero-order chi connectivity index (χ0) is 13.2. The van der Waals surface area contributed by atoms with Gasteiger partial charge in [0.05, 0.1) is 5.56 Å². The van der Waals surface area contributed by atoms with Crippen LogP contribution in [0.3, 0.4) is 0 Å². The third-order valence-electron chi connectivity index (χ3n) is 2.63. The summed E-state index contributed by atoms with van der Waals surface area (Å²) >= 11 is 0. The molecule has 17 heavy (non-hydrogen) atoms. The van der Waals surface area contributed by atoms with Crippen LogP contribution in [-0.4, -0.2) is 27.1 Å². The fourth-order valence-corrected chi connectivity index (χ4v) is 1.44. The number of hydrogen-bond donors (Lipinski definition) is 3. The summed E-state index contributed by atoms with van der Waals surface area (Å²) in [5.74, 6) is -2.94. The van der Waals surface area contributed by atoms with Gasteiger partial charge in [0.15, 0.2) is 0 Å². The van der Waals surface area contributed by atoms with Crippen molar-refractivity contribution in [2.45, 2.75) is 26.2 Å². The second-order valence-electron chi connectivity index (χ2n) is 3.77. The van der Waals surface area contributed by atoms with Crippen LogP contribution >= 0.6 is 0 Å². The van der Waals surface area contributed by atoms with Crippen molar-refractivity contribution in [2.24, 2.45) is 0 Å². The molecule has 0 bridgehead atoms. The number of carboxylic acids is 2. The highest BCUT2D eigenvalue weighted by molar-refractivity contribution is 6.04. The number of aromatic nitrogens is 1. The first-order valence-electron chi connectivity index (χ1n) is 5.15. The summed E-state index contributed by atoms with van der Waals surface area (Å²) in [5, 5.41) is 17.9. The van der Waals surface area contributed by atoms with Crippen molar-refractivity contribution < 1.29 is 19.8 Å². The van der Waals surface area contributed by atoms with Crippen LogP contribution in [0.25, 0.3) is 0 Å². The van der Waals surface area contributed by atoms with E-state index < -0.39 is 17.5 Å². The van der Waals surface area contributed by atoms with Gasteiger partial charge in [0.2, 0.25) is 0 Å². The van der Waals surface area contributed by atoms with Crippen molar-refractivity contribution in [3.8, 4) is 0 Å². The Balaban J connectivity index is 3.46. The van der Waals surface area contributed by atoms with E-state index >= 15 is 0 Å². The molecular weight excluding hydrogens is 224 g/mol. The zero-order valence-electron chi connectivity index (χ0n) is 9.60. The third kappa shape index (κ3) is 2.52. The van der Waals surface area contributed by atoms with Crippen LogP contribution in [0.4, 0.5) is 5.82 Å². The first-order chi connectivity index (χ1) is 7.88. The topological polar surface area (TPSA) is 114 Å². The van der Waals surface area contributed by atoms with Crippen molar-refractivity contribution in [2.75, 3.05) is 5.73 Å². The first-order valence-corrected chi connectivity index (χ1v) is 5.15. The SMILES string of the molecule is CCC(C)c1cc(C(=O)O)c(C(=O)O)c(N)n1. The van der Waals surface area contributed by atoms with Crippen LogP contribution in [0.5, 0.6) is 0 Å². The van der Waals surface area contributed by atoms with Crippen LogP contribution in [0.15, 0.2) is 6.07 Å². The van der Waals surface area contributed by atoms with Gasteiger partial charge in [-0.1, -0.05) is 13.8 Å². The summed E-state index contributed by atoms with van der Waals surface area (Å²) in [5.41, 5.74) is 5.22. The summed E-state index contributed by atoms with van der Waals surface area (Å²) in [6.45, 7) is 3.79. The van der Waals surface area contributed by atoms with Gasteiger partial charge < -0.3 is 15.9 Å². The summed E-state index contributed by atoms with van der Waals surface area (Å²) < 4.78 is 0. The second-order valence-corrected chi connectivity index (χ2v) is 3.77. The van der Waals surface area contributed by atoms with E-state index in [1.165, 1.54) is 6.07 Å². The maximum Gasteiger partial charge on any atom is 0.340 e. The molecule has 0 spiro atoms. The molecule has 0 fully saturated rings. The molecule has 6 heteroatoms. The molecule has 0 aliphatic heterocycles. The molecule has 92 valence electrons. The lowest BCUT2D eigenvalue weighted by Crippen LogP contribution is -2.15. The third-order valence-corrected chi connectivity index (χ3v) is 2.63. The van der Waals surface area contributed by atoms with Crippen LogP contribution in [0, 0.1) is 0 Å². The number of nitrogens with zero attached hydrogens (tertiary/aromatic N) is 1.